The molecule has 1 aliphatic rings. The average molecular weight is 319 g/mol. The molecule has 1 saturated heterocycles. The molecule has 1 aromatic rings. The van der Waals surface area contributed by atoms with Gasteiger partial charge in [-0.2, -0.15) is 0 Å². The number of halogens is 2. The van der Waals surface area contributed by atoms with Crippen molar-refractivity contribution in [3.8, 4) is 5.75 Å². The van der Waals surface area contributed by atoms with E-state index < -0.39 is 5.50 Å². The molecule has 0 spiro atoms. The summed E-state index contributed by atoms with van der Waals surface area (Å²) >= 11 is 11.6. The number of hydrogen-bond donors (Lipinski definition) is 0. The van der Waals surface area contributed by atoms with Crippen molar-refractivity contribution >= 4 is 29.7 Å². The Morgan fingerprint density at radius 1 is 1.35 bits per heavy atom. The van der Waals surface area contributed by atoms with Crippen LogP contribution in [0, 0.1) is 0 Å². The Hall–Kier alpha value is -0.810. The van der Waals surface area contributed by atoms with E-state index in [1.54, 1.807) is 11.5 Å². The SMILES string of the molecule is CC1CN(C(Cl)C=O)CCN1Cl.COc1ccccc1. The lowest BCUT2D eigenvalue weighted by Gasteiger charge is -2.36. The van der Waals surface area contributed by atoms with Crippen molar-refractivity contribution < 1.29 is 9.53 Å². The van der Waals surface area contributed by atoms with Crippen LogP contribution >= 0.6 is 23.4 Å². The van der Waals surface area contributed by atoms with Crippen LogP contribution in [-0.4, -0.2) is 53.9 Å². The molecular formula is C14H20Cl2N2O2. The minimum absolute atomic E-state index is 0.251. The number of piperazine rings is 1. The third kappa shape index (κ3) is 5.67. The molecule has 0 amide bonds. The average Bonchev–Trinajstić information content (AvgIpc) is 2.50. The summed E-state index contributed by atoms with van der Waals surface area (Å²) < 4.78 is 6.66. The van der Waals surface area contributed by atoms with E-state index in [9.17, 15) is 4.79 Å². The number of methoxy groups -OCH3 is 1. The van der Waals surface area contributed by atoms with Crippen molar-refractivity contribution in [3.63, 3.8) is 0 Å². The molecule has 6 heteroatoms. The van der Waals surface area contributed by atoms with Gasteiger partial charge in [0.15, 0.2) is 6.29 Å². The molecule has 0 aliphatic carbocycles. The van der Waals surface area contributed by atoms with Gasteiger partial charge in [-0.1, -0.05) is 29.8 Å². The standard InChI is InChI=1S/C7H12Cl2N2O.C7H8O/c1-6-4-10(7(8)5-12)2-3-11(6)9;1-8-7-5-3-2-4-6-7/h5-7H,2-4H2,1H3;2-6H,1H3. The zero-order valence-electron chi connectivity index (χ0n) is 11.7. The summed E-state index contributed by atoms with van der Waals surface area (Å²) in [7, 11) is 1.66. The Balaban J connectivity index is 0.000000217. The molecule has 2 rings (SSSR count). The maximum atomic E-state index is 10.4. The quantitative estimate of drug-likeness (QED) is 0.371. The molecule has 1 fully saturated rings. The Labute approximate surface area is 130 Å². The Kier molecular flexibility index (Phi) is 7.92. The molecule has 1 aromatic carbocycles. The van der Waals surface area contributed by atoms with Gasteiger partial charge in [0.1, 0.15) is 11.3 Å². The van der Waals surface area contributed by atoms with E-state index in [0.29, 0.717) is 0 Å². The Bertz CT molecular complexity index is 392. The Morgan fingerprint density at radius 2 is 2.00 bits per heavy atom. The fraction of sp³-hybridized carbons (Fsp3) is 0.500. The fourth-order valence-corrected chi connectivity index (χ4v) is 2.14. The lowest BCUT2D eigenvalue weighted by atomic mass is 10.2. The van der Waals surface area contributed by atoms with Crippen LogP contribution in [0.25, 0.3) is 0 Å². The van der Waals surface area contributed by atoms with Crippen LogP contribution in [-0.2, 0) is 4.79 Å². The highest BCUT2D eigenvalue weighted by Crippen LogP contribution is 2.14. The highest BCUT2D eigenvalue weighted by molar-refractivity contribution is 6.27. The predicted octanol–water partition coefficient (Wildman–Crippen LogP) is 2.61. The lowest BCUT2D eigenvalue weighted by molar-refractivity contribution is -0.110. The lowest BCUT2D eigenvalue weighted by Crippen LogP contribution is -2.50. The third-order valence-corrected chi connectivity index (χ3v) is 3.90. The molecule has 20 heavy (non-hydrogen) atoms. The van der Waals surface area contributed by atoms with Gasteiger partial charge in [0, 0.05) is 25.7 Å². The highest BCUT2D eigenvalue weighted by Gasteiger charge is 2.25. The van der Waals surface area contributed by atoms with Crippen molar-refractivity contribution in [3.05, 3.63) is 30.3 Å². The van der Waals surface area contributed by atoms with E-state index in [1.165, 1.54) is 0 Å². The van der Waals surface area contributed by atoms with Gasteiger partial charge in [0.2, 0.25) is 0 Å². The first-order valence-electron chi connectivity index (χ1n) is 6.43. The highest BCUT2D eigenvalue weighted by atomic mass is 35.5. The van der Waals surface area contributed by atoms with Gasteiger partial charge in [-0.3, -0.25) is 4.90 Å². The number of ether oxygens (including phenoxy) is 1. The largest absolute Gasteiger partial charge is 0.497 e. The van der Waals surface area contributed by atoms with Gasteiger partial charge in [-0.05, 0) is 30.8 Å². The number of aldehydes is 1. The van der Waals surface area contributed by atoms with Crippen LogP contribution < -0.4 is 4.74 Å². The molecule has 1 heterocycles. The van der Waals surface area contributed by atoms with Gasteiger partial charge < -0.3 is 9.53 Å². The molecule has 0 bridgehead atoms. The normalized spacial score (nSPS) is 21.5. The third-order valence-electron chi connectivity index (χ3n) is 3.02. The van der Waals surface area contributed by atoms with Crippen molar-refractivity contribution in [2.45, 2.75) is 18.5 Å². The van der Waals surface area contributed by atoms with E-state index in [1.807, 2.05) is 42.2 Å². The Morgan fingerprint density at radius 3 is 2.45 bits per heavy atom. The van der Waals surface area contributed by atoms with E-state index in [4.69, 9.17) is 28.1 Å². The number of carbonyl (C=O) groups excluding carboxylic acids is 1. The predicted molar refractivity (Wildman–Crippen MR) is 82.3 cm³/mol. The van der Waals surface area contributed by atoms with E-state index >= 15 is 0 Å². The number of hydrogen-bond acceptors (Lipinski definition) is 4. The molecule has 0 saturated carbocycles. The molecule has 1 aliphatic heterocycles. The van der Waals surface area contributed by atoms with Crippen LogP contribution in [0.4, 0.5) is 0 Å². The monoisotopic (exact) mass is 318 g/mol. The molecule has 2 atom stereocenters. The van der Waals surface area contributed by atoms with E-state index in [0.717, 1.165) is 31.7 Å². The first-order valence-corrected chi connectivity index (χ1v) is 7.20. The number of alkyl halides is 1. The van der Waals surface area contributed by atoms with E-state index in [-0.39, 0.29) is 6.04 Å². The van der Waals surface area contributed by atoms with Crippen molar-refractivity contribution in [2.24, 2.45) is 0 Å². The van der Waals surface area contributed by atoms with Crippen LogP contribution in [0.5, 0.6) is 5.75 Å². The maximum absolute atomic E-state index is 10.4. The molecule has 0 N–H and O–H groups in total. The minimum Gasteiger partial charge on any atom is -0.497 e. The first-order chi connectivity index (χ1) is 9.58. The zero-order valence-corrected chi connectivity index (χ0v) is 13.2. The number of carbonyl (C=O) groups is 1. The summed E-state index contributed by atoms with van der Waals surface area (Å²) in [6, 6.07) is 9.93. The summed E-state index contributed by atoms with van der Waals surface area (Å²) in [5, 5.41) is 0. The van der Waals surface area contributed by atoms with Gasteiger partial charge in [0.05, 0.1) is 7.11 Å². The zero-order chi connectivity index (χ0) is 15.0. The van der Waals surface area contributed by atoms with Crippen LogP contribution in [0.3, 0.4) is 0 Å². The summed E-state index contributed by atoms with van der Waals surface area (Å²) in [5.41, 5.74) is -0.502. The molecule has 2 unspecified atom stereocenters. The molecule has 0 radical (unpaired) electrons. The van der Waals surface area contributed by atoms with E-state index in [2.05, 4.69) is 0 Å². The maximum Gasteiger partial charge on any atom is 0.152 e. The first kappa shape index (κ1) is 17.2. The van der Waals surface area contributed by atoms with Gasteiger partial charge in [-0.15, -0.1) is 0 Å². The molecular weight excluding hydrogens is 299 g/mol. The number of benzene rings is 1. The van der Waals surface area contributed by atoms with Gasteiger partial charge >= 0.3 is 0 Å². The summed E-state index contributed by atoms with van der Waals surface area (Å²) in [4.78, 5) is 12.3. The summed E-state index contributed by atoms with van der Waals surface area (Å²) in [6.45, 7) is 4.25. The topological polar surface area (TPSA) is 32.8 Å². The second-order valence-corrected chi connectivity index (χ2v) is 5.37. The number of nitrogens with zero attached hydrogens (tertiary/aromatic N) is 2. The van der Waals surface area contributed by atoms with Gasteiger partial charge in [-0.25, -0.2) is 4.42 Å². The van der Waals surface area contributed by atoms with Crippen molar-refractivity contribution in [1.82, 2.24) is 9.32 Å². The second kappa shape index (κ2) is 9.19. The van der Waals surface area contributed by atoms with Crippen LogP contribution in [0.15, 0.2) is 30.3 Å². The summed E-state index contributed by atoms with van der Waals surface area (Å²) in [6.07, 6.45) is 0.748. The number of para-hydroxylation sites is 1. The minimum atomic E-state index is -0.502. The van der Waals surface area contributed by atoms with Crippen LogP contribution in [0.2, 0.25) is 0 Å². The van der Waals surface area contributed by atoms with Gasteiger partial charge in [0.25, 0.3) is 0 Å². The number of rotatable bonds is 3. The summed E-state index contributed by atoms with van der Waals surface area (Å²) in [5.74, 6) is 0.910. The fourth-order valence-electron chi connectivity index (χ4n) is 1.83. The second-order valence-electron chi connectivity index (χ2n) is 4.49. The smallest absolute Gasteiger partial charge is 0.152 e. The van der Waals surface area contributed by atoms with Crippen molar-refractivity contribution in [2.75, 3.05) is 26.7 Å². The van der Waals surface area contributed by atoms with Crippen molar-refractivity contribution in [1.29, 1.82) is 0 Å². The molecule has 4 nitrogen and oxygen atoms in total. The molecule has 112 valence electrons. The molecule has 0 aromatic heterocycles. The van der Waals surface area contributed by atoms with Crippen LogP contribution in [0.1, 0.15) is 6.92 Å².